The number of alkyl halides is 2. The summed E-state index contributed by atoms with van der Waals surface area (Å²) in [4.78, 5) is 16.5. The van der Waals surface area contributed by atoms with Crippen molar-refractivity contribution in [2.45, 2.75) is 25.8 Å². The first kappa shape index (κ1) is 20.1. The van der Waals surface area contributed by atoms with Gasteiger partial charge in [-0.1, -0.05) is 24.3 Å². The highest BCUT2D eigenvalue weighted by atomic mass is 19.3. The van der Waals surface area contributed by atoms with Gasteiger partial charge in [0, 0.05) is 56.1 Å². The Morgan fingerprint density at radius 3 is 2.36 bits per heavy atom. The molecular formula is C21H26F2N4O. The van der Waals surface area contributed by atoms with Crippen LogP contribution in [0.25, 0.3) is 0 Å². The second-order valence-corrected chi connectivity index (χ2v) is 7.26. The maximum atomic E-state index is 13.5. The number of carbonyl (C=O) groups excluding carboxylic acids is 1. The van der Waals surface area contributed by atoms with Crippen LogP contribution in [-0.2, 0) is 5.92 Å². The summed E-state index contributed by atoms with van der Waals surface area (Å²) in [5.41, 5.74) is 7.93. The number of nitrogens with two attached hydrogens (primary N) is 1. The highest BCUT2D eigenvalue weighted by molar-refractivity contribution is 5.89. The van der Waals surface area contributed by atoms with Gasteiger partial charge in [0.1, 0.15) is 0 Å². The molecule has 2 amide bonds. The van der Waals surface area contributed by atoms with Crippen LogP contribution in [0.3, 0.4) is 0 Å². The number of halogens is 2. The Bertz CT molecular complexity index is 812. The highest BCUT2D eigenvalue weighted by Gasteiger charge is 2.26. The Kier molecular flexibility index (Phi) is 5.84. The van der Waals surface area contributed by atoms with Gasteiger partial charge in [0.15, 0.2) is 0 Å². The summed E-state index contributed by atoms with van der Waals surface area (Å²) >= 11 is 0. The van der Waals surface area contributed by atoms with E-state index in [9.17, 15) is 13.6 Å². The van der Waals surface area contributed by atoms with Gasteiger partial charge in [0.05, 0.1) is 0 Å². The van der Waals surface area contributed by atoms with E-state index in [-0.39, 0.29) is 17.6 Å². The normalized spacial score (nSPS) is 16.6. The summed E-state index contributed by atoms with van der Waals surface area (Å²) in [6.45, 7) is 5.62. The molecule has 1 aliphatic rings. The minimum atomic E-state index is -2.94. The molecule has 3 N–H and O–H groups in total. The minimum absolute atomic E-state index is 0.118. The van der Waals surface area contributed by atoms with Crippen molar-refractivity contribution in [2.24, 2.45) is 0 Å². The Morgan fingerprint density at radius 2 is 1.75 bits per heavy atom. The Labute approximate surface area is 164 Å². The average molecular weight is 388 g/mol. The van der Waals surface area contributed by atoms with Crippen LogP contribution in [-0.4, -0.2) is 42.0 Å². The molecule has 1 atom stereocenters. The van der Waals surface area contributed by atoms with E-state index in [1.165, 1.54) is 23.8 Å². The summed E-state index contributed by atoms with van der Waals surface area (Å²) < 4.78 is 26.9. The zero-order valence-corrected chi connectivity index (χ0v) is 16.2. The number of benzene rings is 2. The van der Waals surface area contributed by atoms with Gasteiger partial charge in [-0.05, 0) is 36.8 Å². The van der Waals surface area contributed by atoms with Crippen LogP contribution in [0.4, 0.5) is 25.0 Å². The molecule has 28 heavy (non-hydrogen) atoms. The SMILES string of the molecule is C[C@@H](c1ccc(N)cc1)N1CCN(C(=O)Nc2cccc(C(C)(F)F)c2)CC1. The fourth-order valence-electron chi connectivity index (χ4n) is 3.37. The smallest absolute Gasteiger partial charge is 0.321 e. The molecule has 150 valence electrons. The molecule has 0 aliphatic carbocycles. The Morgan fingerprint density at radius 1 is 1.11 bits per heavy atom. The van der Waals surface area contributed by atoms with E-state index in [4.69, 9.17) is 5.73 Å². The van der Waals surface area contributed by atoms with Crippen LogP contribution in [0.5, 0.6) is 0 Å². The minimum Gasteiger partial charge on any atom is -0.399 e. The largest absolute Gasteiger partial charge is 0.399 e. The molecule has 1 heterocycles. The topological polar surface area (TPSA) is 61.6 Å². The van der Waals surface area contributed by atoms with Gasteiger partial charge in [-0.3, -0.25) is 4.90 Å². The monoisotopic (exact) mass is 388 g/mol. The molecule has 1 aliphatic heterocycles. The van der Waals surface area contributed by atoms with Crippen molar-refractivity contribution in [1.29, 1.82) is 0 Å². The summed E-state index contributed by atoms with van der Waals surface area (Å²) in [6.07, 6.45) is 0. The number of anilines is 2. The molecular weight excluding hydrogens is 362 g/mol. The first-order valence-electron chi connectivity index (χ1n) is 9.38. The van der Waals surface area contributed by atoms with Gasteiger partial charge in [-0.25, -0.2) is 13.6 Å². The molecule has 0 bridgehead atoms. The molecule has 0 saturated carbocycles. The third kappa shape index (κ3) is 4.78. The molecule has 1 fully saturated rings. The van der Waals surface area contributed by atoms with Crippen molar-refractivity contribution < 1.29 is 13.6 Å². The third-order valence-corrected chi connectivity index (χ3v) is 5.19. The third-order valence-electron chi connectivity index (χ3n) is 5.19. The second-order valence-electron chi connectivity index (χ2n) is 7.26. The fraction of sp³-hybridized carbons (Fsp3) is 0.381. The second kappa shape index (κ2) is 8.14. The van der Waals surface area contributed by atoms with Gasteiger partial charge in [0.25, 0.3) is 5.92 Å². The van der Waals surface area contributed by atoms with E-state index in [1.54, 1.807) is 11.0 Å². The lowest BCUT2D eigenvalue weighted by Gasteiger charge is -2.38. The lowest BCUT2D eigenvalue weighted by atomic mass is 10.1. The number of piperazine rings is 1. The molecule has 3 rings (SSSR count). The number of rotatable bonds is 4. The number of nitrogen functional groups attached to an aromatic ring is 1. The van der Waals surface area contributed by atoms with E-state index in [0.29, 0.717) is 18.8 Å². The van der Waals surface area contributed by atoms with Gasteiger partial charge in [-0.15, -0.1) is 0 Å². The summed E-state index contributed by atoms with van der Waals surface area (Å²) in [5.74, 6) is -2.94. The highest BCUT2D eigenvalue weighted by Crippen LogP contribution is 2.29. The fourth-order valence-corrected chi connectivity index (χ4v) is 3.37. The maximum Gasteiger partial charge on any atom is 0.321 e. The van der Waals surface area contributed by atoms with Crippen LogP contribution in [0.2, 0.25) is 0 Å². The van der Waals surface area contributed by atoms with Gasteiger partial charge < -0.3 is 16.0 Å². The lowest BCUT2D eigenvalue weighted by Crippen LogP contribution is -2.50. The quantitative estimate of drug-likeness (QED) is 0.768. The molecule has 1 saturated heterocycles. The molecule has 0 aromatic heterocycles. The molecule has 2 aromatic rings. The van der Waals surface area contributed by atoms with Crippen molar-refractivity contribution >= 4 is 17.4 Å². The van der Waals surface area contributed by atoms with Crippen LogP contribution in [0, 0.1) is 0 Å². The van der Waals surface area contributed by atoms with Crippen LogP contribution >= 0.6 is 0 Å². The number of hydrogen-bond acceptors (Lipinski definition) is 3. The van der Waals surface area contributed by atoms with Gasteiger partial charge >= 0.3 is 6.03 Å². The molecule has 0 unspecified atom stereocenters. The Hall–Kier alpha value is -2.67. The number of carbonyl (C=O) groups is 1. The first-order chi connectivity index (χ1) is 13.2. The van der Waals surface area contributed by atoms with Crippen molar-refractivity contribution in [3.05, 3.63) is 59.7 Å². The van der Waals surface area contributed by atoms with Gasteiger partial charge in [0.2, 0.25) is 0 Å². The predicted molar refractivity (Wildman–Crippen MR) is 107 cm³/mol. The van der Waals surface area contributed by atoms with Crippen molar-refractivity contribution in [2.75, 3.05) is 37.2 Å². The van der Waals surface area contributed by atoms with Crippen molar-refractivity contribution in [1.82, 2.24) is 9.80 Å². The molecule has 0 spiro atoms. The molecule has 2 aromatic carbocycles. The summed E-state index contributed by atoms with van der Waals surface area (Å²) in [5, 5.41) is 2.73. The molecule has 0 radical (unpaired) electrons. The summed E-state index contributed by atoms with van der Waals surface area (Å²) in [7, 11) is 0. The first-order valence-corrected chi connectivity index (χ1v) is 9.38. The standard InChI is InChI=1S/C21H26F2N4O/c1-15(16-6-8-18(24)9-7-16)26-10-12-27(13-11-26)20(28)25-19-5-3-4-17(14-19)21(2,22)23/h3-9,14-15H,10-13,24H2,1-2H3,(H,25,28)/t15-/m0/s1. The van der Waals surface area contributed by atoms with E-state index in [1.807, 2.05) is 24.3 Å². The zero-order chi connectivity index (χ0) is 20.3. The van der Waals surface area contributed by atoms with Gasteiger partial charge in [-0.2, -0.15) is 0 Å². The van der Waals surface area contributed by atoms with Crippen LogP contribution in [0.1, 0.15) is 31.0 Å². The summed E-state index contributed by atoms with van der Waals surface area (Å²) in [6, 6.07) is 13.6. The number of nitrogens with zero attached hydrogens (tertiary/aromatic N) is 2. The number of amides is 2. The van der Waals surface area contributed by atoms with E-state index >= 15 is 0 Å². The molecule has 5 nitrogen and oxygen atoms in total. The number of hydrogen-bond donors (Lipinski definition) is 2. The molecule has 7 heteroatoms. The average Bonchev–Trinajstić information content (AvgIpc) is 2.68. The predicted octanol–water partition coefficient (Wildman–Crippen LogP) is 4.29. The van der Waals surface area contributed by atoms with E-state index in [2.05, 4.69) is 17.1 Å². The zero-order valence-electron chi connectivity index (χ0n) is 16.2. The van der Waals surface area contributed by atoms with Crippen LogP contribution < -0.4 is 11.1 Å². The lowest BCUT2D eigenvalue weighted by molar-refractivity contribution is 0.0175. The van der Waals surface area contributed by atoms with Crippen molar-refractivity contribution in [3.63, 3.8) is 0 Å². The number of nitrogens with one attached hydrogen (secondary N) is 1. The maximum absolute atomic E-state index is 13.5. The van der Waals surface area contributed by atoms with Crippen LogP contribution in [0.15, 0.2) is 48.5 Å². The van der Waals surface area contributed by atoms with E-state index in [0.717, 1.165) is 25.7 Å². The van der Waals surface area contributed by atoms with E-state index < -0.39 is 5.92 Å². The number of urea groups is 1. The van der Waals surface area contributed by atoms with Crippen molar-refractivity contribution in [3.8, 4) is 0 Å². The Balaban J connectivity index is 1.56.